The number of nitro groups is 1. The van der Waals surface area contributed by atoms with Crippen LogP contribution in [0.25, 0.3) is 0 Å². The van der Waals surface area contributed by atoms with Crippen LogP contribution in [0.1, 0.15) is 17.3 Å². The quantitative estimate of drug-likeness (QED) is 0.454. The molecule has 2 N–H and O–H groups in total. The normalized spacial score (nSPS) is 10.0. The molecule has 0 saturated carbocycles. The van der Waals surface area contributed by atoms with E-state index in [-0.39, 0.29) is 29.7 Å². The number of amides is 1. The van der Waals surface area contributed by atoms with E-state index in [0.717, 1.165) is 0 Å². The first-order valence-electron chi connectivity index (χ1n) is 7.38. The predicted molar refractivity (Wildman–Crippen MR) is 93.2 cm³/mol. The Balaban J connectivity index is 1.98. The molecule has 0 spiro atoms. The summed E-state index contributed by atoms with van der Waals surface area (Å²) in [4.78, 5) is 33.5. The molecule has 8 nitrogen and oxygen atoms in total. The zero-order valence-corrected chi connectivity index (χ0v) is 13.7. The molecule has 1 amide bonds. The number of carbonyl (C=O) groups is 2. The highest BCUT2D eigenvalue weighted by atomic mass is 16.6. The maximum atomic E-state index is 12.0. The molecule has 2 aromatic rings. The van der Waals surface area contributed by atoms with Gasteiger partial charge in [-0.2, -0.15) is 0 Å². The van der Waals surface area contributed by atoms with E-state index in [2.05, 4.69) is 10.6 Å². The number of nitro benzene ring substituents is 1. The number of methoxy groups -OCH3 is 1. The van der Waals surface area contributed by atoms with Gasteiger partial charge in [-0.25, -0.2) is 0 Å². The molecule has 0 atom stereocenters. The second-order valence-corrected chi connectivity index (χ2v) is 5.18. The fourth-order valence-corrected chi connectivity index (χ4v) is 2.10. The third kappa shape index (κ3) is 4.77. The van der Waals surface area contributed by atoms with Crippen molar-refractivity contribution in [3.05, 3.63) is 58.1 Å². The van der Waals surface area contributed by atoms with Crippen LogP contribution in [0.2, 0.25) is 0 Å². The lowest BCUT2D eigenvalue weighted by Crippen LogP contribution is -2.22. The van der Waals surface area contributed by atoms with Crippen LogP contribution in [0.3, 0.4) is 0 Å². The standard InChI is InChI=1S/C17H17N3O5/c1-11(21)12-3-5-13(6-4-12)18-10-17(22)19-15-8-7-14(20(23)24)9-16(15)25-2/h3-9,18H,10H2,1-2H3,(H,19,22). The molecule has 0 bridgehead atoms. The highest BCUT2D eigenvalue weighted by molar-refractivity contribution is 5.96. The average Bonchev–Trinajstić information content (AvgIpc) is 2.60. The Kier molecular flexibility index (Phi) is 5.67. The van der Waals surface area contributed by atoms with Gasteiger partial charge in [0.25, 0.3) is 5.69 Å². The molecule has 0 saturated heterocycles. The van der Waals surface area contributed by atoms with Gasteiger partial charge in [0.2, 0.25) is 5.91 Å². The lowest BCUT2D eigenvalue weighted by Gasteiger charge is -2.11. The maximum Gasteiger partial charge on any atom is 0.273 e. The van der Waals surface area contributed by atoms with Crippen LogP contribution in [0.15, 0.2) is 42.5 Å². The van der Waals surface area contributed by atoms with Crippen molar-refractivity contribution in [3.63, 3.8) is 0 Å². The Hall–Kier alpha value is -3.42. The van der Waals surface area contributed by atoms with Gasteiger partial charge in [-0.05, 0) is 37.3 Å². The monoisotopic (exact) mass is 343 g/mol. The number of ether oxygens (including phenoxy) is 1. The third-order valence-electron chi connectivity index (χ3n) is 3.41. The number of ketones is 1. The van der Waals surface area contributed by atoms with Crippen molar-refractivity contribution in [1.82, 2.24) is 0 Å². The van der Waals surface area contributed by atoms with Crippen LogP contribution in [0, 0.1) is 10.1 Å². The summed E-state index contributed by atoms with van der Waals surface area (Å²) in [5.74, 6) is -0.175. The summed E-state index contributed by atoms with van der Waals surface area (Å²) < 4.78 is 5.06. The van der Waals surface area contributed by atoms with Crippen LogP contribution in [-0.2, 0) is 4.79 Å². The van der Waals surface area contributed by atoms with E-state index < -0.39 is 4.92 Å². The number of hydrogen-bond acceptors (Lipinski definition) is 6. The minimum atomic E-state index is -0.541. The second kappa shape index (κ2) is 7.91. The van der Waals surface area contributed by atoms with Gasteiger partial charge in [0.1, 0.15) is 5.75 Å². The average molecular weight is 343 g/mol. The fraction of sp³-hybridized carbons (Fsp3) is 0.176. The van der Waals surface area contributed by atoms with Gasteiger partial charge in [0.05, 0.1) is 30.3 Å². The van der Waals surface area contributed by atoms with E-state index in [4.69, 9.17) is 4.74 Å². The van der Waals surface area contributed by atoms with Crippen molar-refractivity contribution >= 4 is 28.8 Å². The van der Waals surface area contributed by atoms with Gasteiger partial charge >= 0.3 is 0 Å². The molecule has 2 rings (SSSR count). The van der Waals surface area contributed by atoms with E-state index in [9.17, 15) is 19.7 Å². The van der Waals surface area contributed by atoms with Crippen molar-refractivity contribution < 1.29 is 19.2 Å². The molecular formula is C17H17N3O5. The summed E-state index contributed by atoms with van der Waals surface area (Å²) in [5, 5.41) is 16.3. The van der Waals surface area contributed by atoms with Crippen LogP contribution >= 0.6 is 0 Å². The number of carbonyl (C=O) groups excluding carboxylic acids is 2. The number of rotatable bonds is 7. The van der Waals surface area contributed by atoms with Gasteiger partial charge in [0, 0.05) is 17.3 Å². The van der Waals surface area contributed by atoms with E-state index >= 15 is 0 Å². The van der Waals surface area contributed by atoms with Crippen molar-refractivity contribution in [2.24, 2.45) is 0 Å². The Labute approximate surface area is 144 Å². The first kappa shape index (κ1) is 17.9. The first-order valence-corrected chi connectivity index (χ1v) is 7.38. The summed E-state index contributed by atoms with van der Waals surface area (Å²) in [7, 11) is 1.36. The summed E-state index contributed by atoms with van der Waals surface area (Å²) in [5.41, 5.74) is 1.49. The lowest BCUT2D eigenvalue weighted by molar-refractivity contribution is -0.384. The molecule has 0 radical (unpaired) electrons. The molecule has 0 fully saturated rings. The van der Waals surface area contributed by atoms with Crippen molar-refractivity contribution in [3.8, 4) is 5.75 Å². The largest absolute Gasteiger partial charge is 0.494 e. The Morgan fingerprint density at radius 2 is 1.84 bits per heavy atom. The molecule has 8 heteroatoms. The number of anilines is 2. The molecule has 2 aromatic carbocycles. The summed E-state index contributed by atoms with van der Waals surface area (Å²) >= 11 is 0. The Morgan fingerprint density at radius 3 is 2.40 bits per heavy atom. The molecule has 0 aliphatic heterocycles. The van der Waals surface area contributed by atoms with Crippen molar-refractivity contribution in [1.29, 1.82) is 0 Å². The molecule has 0 aliphatic carbocycles. The van der Waals surface area contributed by atoms with E-state index in [1.54, 1.807) is 24.3 Å². The zero-order valence-electron chi connectivity index (χ0n) is 13.7. The smallest absolute Gasteiger partial charge is 0.273 e. The number of benzene rings is 2. The molecular weight excluding hydrogens is 326 g/mol. The third-order valence-corrected chi connectivity index (χ3v) is 3.41. The topological polar surface area (TPSA) is 111 Å². The van der Waals surface area contributed by atoms with Crippen LogP contribution in [0.5, 0.6) is 5.75 Å². The van der Waals surface area contributed by atoms with Gasteiger partial charge in [-0.3, -0.25) is 19.7 Å². The Morgan fingerprint density at radius 1 is 1.16 bits per heavy atom. The lowest BCUT2D eigenvalue weighted by atomic mass is 10.1. The molecule has 25 heavy (non-hydrogen) atoms. The minimum Gasteiger partial charge on any atom is -0.494 e. The number of hydrogen-bond donors (Lipinski definition) is 2. The predicted octanol–water partition coefficient (Wildman–Crippen LogP) is 2.86. The Bertz CT molecular complexity index is 802. The van der Waals surface area contributed by atoms with Gasteiger partial charge in [-0.1, -0.05) is 0 Å². The van der Waals surface area contributed by atoms with Gasteiger partial charge < -0.3 is 15.4 Å². The van der Waals surface area contributed by atoms with Crippen LogP contribution in [0.4, 0.5) is 17.1 Å². The van der Waals surface area contributed by atoms with Crippen molar-refractivity contribution in [2.45, 2.75) is 6.92 Å². The number of Topliss-reactive ketones (excluding diaryl/α,β-unsaturated/α-hetero) is 1. The molecule has 0 aliphatic rings. The van der Waals surface area contributed by atoms with Crippen LogP contribution in [-0.4, -0.2) is 30.3 Å². The SMILES string of the molecule is COc1cc([N+](=O)[O-])ccc1NC(=O)CNc1ccc(C(C)=O)cc1. The van der Waals surface area contributed by atoms with E-state index in [1.807, 2.05) is 0 Å². The second-order valence-electron chi connectivity index (χ2n) is 5.18. The highest BCUT2D eigenvalue weighted by Crippen LogP contribution is 2.28. The zero-order chi connectivity index (χ0) is 18.4. The van der Waals surface area contributed by atoms with E-state index in [1.165, 1.54) is 32.2 Å². The van der Waals surface area contributed by atoms with Gasteiger partial charge in [-0.15, -0.1) is 0 Å². The molecule has 0 unspecified atom stereocenters. The van der Waals surface area contributed by atoms with Crippen LogP contribution < -0.4 is 15.4 Å². The highest BCUT2D eigenvalue weighted by Gasteiger charge is 2.13. The molecule has 0 heterocycles. The first-order chi connectivity index (χ1) is 11.9. The number of nitrogens with zero attached hydrogens (tertiary/aromatic N) is 1. The minimum absolute atomic E-state index is 0.0143. The number of non-ortho nitro benzene ring substituents is 1. The maximum absolute atomic E-state index is 12.0. The fourth-order valence-electron chi connectivity index (χ4n) is 2.10. The molecule has 130 valence electrons. The van der Waals surface area contributed by atoms with E-state index in [0.29, 0.717) is 16.9 Å². The van der Waals surface area contributed by atoms with Crippen molar-refractivity contribution in [2.75, 3.05) is 24.3 Å². The molecule has 0 aromatic heterocycles. The number of nitrogens with one attached hydrogen (secondary N) is 2. The summed E-state index contributed by atoms with van der Waals surface area (Å²) in [6, 6.07) is 10.7. The summed E-state index contributed by atoms with van der Waals surface area (Å²) in [6.45, 7) is 1.47. The van der Waals surface area contributed by atoms with Gasteiger partial charge in [0.15, 0.2) is 5.78 Å². The summed E-state index contributed by atoms with van der Waals surface area (Å²) in [6.07, 6.45) is 0.